The number of halogens is 3. The van der Waals surface area contributed by atoms with Crippen molar-refractivity contribution >= 4 is 47.2 Å². The highest BCUT2D eigenvalue weighted by molar-refractivity contribution is 9.09. The summed E-state index contributed by atoms with van der Waals surface area (Å²) in [4.78, 5) is 0. The van der Waals surface area contributed by atoms with E-state index in [-0.39, 0.29) is 0 Å². The Labute approximate surface area is 122 Å². The molecule has 0 amide bonds. The molecule has 0 aliphatic rings. The molecule has 1 N–H and O–H groups in total. The van der Waals surface area contributed by atoms with Gasteiger partial charge in [-0.25, -0.2) is 0 Å². The number of hydrogen-bond acceptors (Lipinski definition) is 1. The molecular weight excluding hydrogens is 339 g/mol. The lowest BCUT2D eigenvalue weighted by atomic mass is 9.98. The maximum atomic E-state index is 10.8. The lowest BCUT2D eigenvalue weighted by molar-refractivity contribution is 0.0838. The van der Waals surface area contributed by atoms with Crippen molar-refractivity contribution in [3.63, 3.8) is 0 Å². The van der Waals surface area contributed by atoms with E-state index >= 15 is 0 Å². The van der Waals surface area contributed by atoms with Crippen molar-refractivity contribution in [2.45, 2.75) is 31.3 Å². The van der Waals surface area contributed by atoms with Gasteiger partial charge in [0.2, 0.25) is 0 Å². The quantitative estimate of drug-likeness (QED) is 0.600. The molecule has 0 aromatic heterocycles. The predicted octanol–water partition coefficient (Wildman–Crippen LogP) is 4.91. The summed E-state index contributed by atoms with van der Waals surface area (Å²) < 4.78 is 0. The van der Waals surface area contributed by atoms with Crippen molar-refractivity contribution < 1.29 is 5.11 Å². The summed E-state index contributed by atoms with van der Waals surface area (Å²) in [6.45, 7) is 6.66. The highest BCUT2D eigenvalue weighted by Gasteiger charge is 2.35. The predicted molar refractivity (Wildman–Crippen MR) is 82.3 cm³/mol. The van der Waals surface area contributed by atoms with E-state index in [1.807, 2.05) is 0 Å². The maximum Gasteiger partial charge on any atom is 0.0984 e. The first-order valence-electron chi connectivity index (χ1n) is 5.42. The Morgan fingerprint density at radius 3 is 2.35 bits per heavy atom. The van der Waals surface area contributed by atoms with Crippen LogP contribution in [-0.4, -0.2) is 18.5 Å². The third-order valence-corrected chi connectivity index (χ3v) is 5.61. The molecule has 0 spiro atoms. The zero-order chi connectivity index (χ0) is 13.3. The molecule has 0 aliphatic heterocycles. The lowest BCUT2D eigenvalue weighted by Crippen LogP contribution is -2.37. The Bertz CT molecular complexity index is 406. The molecular formula is C12H17BrCl2OSi. The topological polar surface area (TPSA) is 20.2 Å². The Morgan fingerprint density at radius 1 is 1.29 bits per heavy atom. The first-order valence-corrected chi connectivity index (χ1v) is 11.0. The summed E-state index contributed by atoms with van der Waals surface area (Å²) in [6.07, 6.45) is 0. The number of hydrogen-bond donors (Lipinski definition) is 1. The van der Waals surface area contributed by atoms with Crippen LogP contribution < -0.4 is 0 Å². The van der Waals surface area contributed by atoms with E-state index in [1.165, 1.54) is 0 Å². The Kier molecular flexibility index (Phi) is 5.13. The molecule has 96 valence electrons. The third-order valence-electron chi connectivity index (χ3n) is 2.47. The van der Waals surface area contributed by atoms with E-state index < -0.39 is 13.7 Å². The van der Waals surface area contributed by atoms with Gasteiger partial charge in [-0.05, 0) is 24.2 Å². The van der Waals surface area contributed by atoms with Crippen molar-refractivity contribution in [1.82, 2.24) is 0 Å². The fourth-order valence-electron chi connectivity index (χ4n) is 1.95. The van der Waals surface area contributed by atoms with E-state index in [1.54, 1.807) is 18.2 Å². The molecule has 0 saturated carbocycles. The Hall–Kier alpha value is 0.457. The number of aliphatic hydroxyl groups is 1. The van der Waals surface area contributed by atoms with Gasteiger partial charge in [-0.2, -0.15) is 0 Å². The van der Waals surface area contributed by atoms with Crippen molar-refractivity contribution in [1.29, 1.82) is 0 Å². The molecule has 1 atom stereocenters. The molecule has 5 heteroatoms. The maximum absolute atomic E-state index is 10.8. The van der Waals surface area contributed by atoms with Gasteiger partial charge in [-0.3, -0.25) is 0 Å². The van der Waals surface area contributed by atoms with Gasteiger partial charge in [-0.1, -0.05) is 58.8 Å². The van der Waals surface area contributed by atoms with Crippen LogP contribution in [0, 0.1) is 0 Å². The van der Waals surface area contributed by atoms with Crippen LogP contribution in [0.1, 0.15) is 5.56 Å². The molecule has 1 aromatic carbocycles. The molecule has 0 heterocycles. The van der Waals surface area contributed by atoms with Crippen molar-refractivity contribution in [2.24, 2.45) is 0 Å². The van der Waals surface area contributed by atoms with Crippen LogP contribution in [0.4, 0.5) is 0 Å². The highest BCUT2D eigenvalue weighted by Crippen LogP contribution is 2.37. The van der Waals surface area contributed by atoms with Gasteiger partial charge in [0, 0.05) is 29.0 Å². The molecule has 0 bridgehead atoms. The van der Waals surface area contributed by atoms with Crippen LogP contribution in [0.5, 0.6) is 0 Å². The minimum Gasteiger partial charge on any atom is -0.385 e. The summed E-state index contributed by atoms with van der Waals surface area (Å²) >= 11 is 15.5. The summed E-state index contributed by atoms with van der Waals surface area (Å²) in [5.41, 5.74) is -0.224. The average molecular weight is 356 g/mol. The van der Waals surface area contributed by atoms with E-state index in [9.17, 15) is 5.11 Å². The third kappa shape index (κ3) is 4.25. The molecule has 0 fully saturated rings. The molecule has 0 radical (unpaired) electrons. The fraction of sp³-hybridized carbons (Fsp3) is 0.500. The molecule has 1 aromatic rings. The second kappa shape index (κ2) is 5.62. The minimum absolute atomic E-state index is 0.463. The molecule has 1 rings (SSSR count). The van der Waals surface area contributed by atoms with E-state index in [2.05, 4.69) is 35.6 Å². The van der Waals surface area contributed by atoms with Crippen LogP contribution in [-0.2, 0) is 5.60 Å². The summed E-state index contributed by atoms with van der Waals surface area (Å²) in [5, 5.41) is 12.4. The monoisotopic (exact) mass is 354 g/mol. The normalized spacial score (nSPS) is 15.7. The van der Waals surface area contributed by atoms with Crippen molar-refractivity contribution in [3.05, 3.63) is 33.8 Å². The van der Waals surface area contributed by atoms with Gasteiger partial charge in [0.25, 0.3) is 0 Å². The first kappa shape index (κ1) is 15.5. The standard InChI is InChI=1S/C12H17BrCl2OSi/c1-17(2,3)8-12(16,7-13)10-6-9(14)4-5-11(10)15/h4-6,16H,7-8H2,1-3H3. The van der Waals surface area contributed by atoms with E-state index in [0.29, 0.717) is 20.9 Å². The number of rotatable bonds is 4. The van der Waals surface area contributed by atoms with Crippen molar-refractivity contribution in [3.8, 4) is 0 Å². The van der Waals surface area contributed by atoms with Gasteiger partial charge < -0.3 is 5.11 Å². The zero-order valence-corrected chi connectivity index (χ0v) is 14.3. The van der Waals surface area contributed by atoms with Gasteiger partial charge >= 0.3 is 0 Å². The van der Waals surface area contributed by atoms with Crippen LogP contribution >= 0.6 is 39.1 Å². The van der Waals surface area contributed by atoms with Gasteiger partial charge in [0.05, 0.1) is 5.60 Å². The lowest BCUT2D eigenvalue weighted by Gasteiger charge is -2.33. The van der Waals surface area contributed by atoms with Crippen LogP contribution in [0.2, 0.25) is 35.7 Å². The Balaban J connectivity index is 3.20. The number of alkyl halides is 1. The second-order valence-corrected chi connectivity index (χ2v) is 12.4. The fourth-order valence-corrected chi connectivity index (χ4v) is 5.35. The van der Waals surface area contributed by atoms with Gasteiger partial charge in [0.15, 0.2) is 0 Å². The highest BCUT2D eigenvalue weighted by atomic mass is 79.9. The molecule has 17 heavy (non-hydrogen) atoms. The SMILES string of the molecule is C[Si](C)(C)CC(O)(CBr)c1cc(Cl)ccc1Cl. The molecule has 0 saturated heterocycles. The smallest absolute Gasteiger partial charge is 0.0984 e. The van der Waals surface area contributed by atoms with E-state index in [0.717, 1.165) is 6.04 Å². The molecule has 1 unspecified atom stereocenters. The Morgan fingerprint density at radius 2 is 1.88 bits per heavy atom. The summed E-state index contributed by atoms with van der Waals surface area (Å²) in [7, 11) is -1.42. The minimum atomic E-state index is -1.42. The second-order valence-electron chi connectivity index (χ2n) is 5.53. The molecule has 0 aliphatic carbocycles. The summed E-state index contributed by atoms with van der Waals surface area (Å²) in [6, 6.07) is 5.96. The van der Waals surface area contributed by atoms with Crippen LogP contribution in [0.3, 0.4) is 0 Å². The van der Waals surface area contributed by atoms with Crippen molar-refractivity contribution in [2.75, 3.05) is 5.33 Å². The van der Waals surface area contributed by atoms with Gasteiger partial charge in [0.1, 0.15) is 0 Å². The van der Waals surface area contributed by atoms with E-state index in [4.69, 9.17) is 23.2 Å². The largest absolute Gasteiger partial charge is 0.385 e. The zero-order valence-electron chi connectivity index (χ0n) is 10.2. The first-order chi connectivity index (χ1) is 7.68. The molecule has 1 nitrogen and oxygen atoms in total. The average Bonchev–Trinajstić information content (AvgIpc) is 2.19. The van der Waals surface area contributed by atoms with Crippen LogP contribution in [0.15, 0.2) is 18.2 Å². The van der Waals surface area contributed by atoms with Crippen LogP contribution in [0.25, 0.3) is 0 Å². The van der Waals surface area contributed by atoms with Gasteiger partial charge in [-0.15, -0.1) is 0 Å². The summed E-state index contributed by atoms with van der Waals surface area (Å²) in [5.74, 6) is 0. The number of benzene rings is 1.